The zero-order valence-corrected chi connectivity index (χ0v) is 15.0. The molecule has 5 nitrogen and oxygen atoms in total. The minimum atomic E-state index is -1.37. The van der Waals surface area contributed by atoms with E-state index < -0.39 is 17.3 Å². The zero-order valence-electron chi connectivity index (χ0n) is 13.3. The normalized spacial score (nSPS) is 10.6. The van der Waals surface area contributed by atoms with Gasteiger partial charge in [-0.3, -0.25) is 0 Å². The van der Waals surface area contributed by atoms with E-state index >= 15 is 0 Å². The van der Waals surface area contributed by atoms with Gasteiger partial charge in [-0.2, -0.15) is 0 Å². The molecule has 2 aromatic carbocycles. The number of rotatable bonds is 6. The summed E-state index contributed by atoms with van der Waals surface area (Å²) in [4.78, 5) is 15.4. The molecule has 0 spiro atoms. The maximum absolute atomic E-state index is 13.9. The number of ether oxygens (including phenoxy) is 1. The van der Waals surface area contributed by atoms with Crippen LogP contribution in [-0.4, -0.2) is 23.2 Å². The number of hydrogen-bond donors (Lipinski definition) is 2. The maximum atomic E-state index is 13.9. The van der Waals surface area contributed by atoms with Gasteiger partial charge in [0.1, 0.15) is 27.4 Å². The molecule has 0 fully saturated rings. The Bertz CT molecular complexity index is 946. The number of carboxylic acid groups (broad SMARTS) is 1. The van der Waals surface area contributed by atoms with Crippen molar-refractivity contribution >= 4 is 34.9 Å². The molecule has 3 aromatic rings. The first-order chi connectivity index (χ1) is 12.5. The van der Waals surface area contributed by atoms with Crippen LogP contribution in [0, 0.1) is 11.6 Å². The molecule has 1 heterocycles. The largest absolute Gasteiger partial charge is 0.495 e. The van der Waals surface area contributed by atoms with Crippen LogP contribution in [0.1, 0.15) is 10.4 Å². The van der Waals surface area contributed by atoms with Gasteiger partial charge in [-0.05, 0) is 30.3 Å². The zero-order chi connectivity index (χ0) is 18.7. The number of aromatic carboxylic acids is 1. The van der Waals surface area contributed by atoms with Gasteiger partial charge < -0.3 is 14.6 Å². The van der Waals surface area contributed by atoms with E-state index in [1.54, 1.807) is 17.5 Å². The lowest BCUT2D eigenvalue weighted by Crippen LogP contribution is -2.03. The summed E-state index contributed by atoms with van der Waals surface area (Å²) in [6.45, 7) is 0. The summed E-state index contributed by atoms with van der Waals surface area (Å²) in [5.74, 6) is -2.36. The molecule has 0 atom stereocenters. The van der Waals surface area contributed by atoms with Gasteiger partial charge in [-0.15, -0.1) is 11.3 Å². The summed E-state index contributed by atoms with van der Waals surface area (Å²) >= 11 is 2.51. The minimum absolute atomic E-state index is 0.199. The van der Waals surface area contributed by atoms with Gasteiger partial charge in [-0.25, -0.2) is 18.6 Å². The topological polar surface area (TPSA) is 71.5 Å². The van der Waals surface area contributed by atoms with E-state index in [4.69, 9.17) is 9.84 Å². The molecule has 0 saturated carbocycles. The third kappa shape index (κ3) is 3.94. The van der Waals surface area contributed by atoms with E-state index in [1.807, 2.05) is 0 Å². The van der Waals surface area contributed by atoms with Gasteiger partial charge >= 0.3 is 5.97 Å². The lowest BCUT2D eigenvalue weighted by Gasteiger charge is -2.11. The summed E-state index contributed by atoms with van der Waals surface area (Å²) in [6.07, 6.45) is 0. The van der Waals surface area contributed by atoms with E-state index in [9.17, 15) is 13.6 Å². The van der Waals surface area contributed by atoms with Crippen molar-refractivity contribution in [2.24, 2.45) is 0 Å². The van der Waals surface area contributed by atoms with Gasteiger partial charge in [0.05, 0.1) is 18.4 Å². The first-order valence-electron chi connectivity index (χ1n) is 7.23. The molecule has 134 valence electrons. The number of nitrogens with one attached hydrogen (secondary N) is 1. The minimum Gasteiger partial charge on any atom is -0.495 e. The van der Waals surface area contributed by atoms with Crippen molar-refractivity contribution in [2.45, 2.75) is 5.03 Å². The first-order valence-corrected chi connectivity index (χ1v) is 8.92. The number of carboxylic acids is 1. The quantitative estimate of drug-likeness (QED) is 0.579. The number of aromatic nitrogens is 1. The Morgan fingerprint density at radius 2 is 2.00 bits per heavy atom. The van der Waals surface area contributed by atoms with Crippen molar-refractivity contribution < 1.29 is 23.4 Å². The van der Waals surface area contributed by atoms with Crippen LogP contribution in [0.4, 0.5) is 14.5 Å². The SMILES string of the molecule is COc1cc(C(=O)O)c(F)cc1NSc1csc(-c2ccc(F)cc2)n1. The fourth-order valence-electron chi connectivity index (χ4n) is 2.10. The Morgan fingerprint density at radius 3 is 2.65 bits per heavy atom. The average molecular weight is 394 g/mol. The van der Waals surface area contributed by atoms with Crippen molar-refractivity contribution in [3.8, 4) is 16.3 Å². The van der Waals surface area contributed by atoms with E-state index in [0.29, 0.717) is 10.0 Å². The number of carbonyl (C=O) groups is 1. The third-order valence-corrected chi connectivity index (χ3v) is 5.14. The molecule has 0 aliphatic carbocycles. The molecule has 0 aliphatic heterocycles. The van der Waals surface area contributed by atoms with Crippen LogP contribution in [-0.2, 0) is 0 Å². The van der Waals surface area contributed by atoms with Crippen molar-refractivity contribution in [1.82, 2.24) is 4.98 Å². The number of thiazole rings is 1. The monoisotopic (exact) mass is 394 g/mol. The highest BCUT2D eigenvalue weighted by Crippen LogP contribution is 2.33. The lowest BCUT2D eigenvalue weighted by atomic mass is 10.2. The van der Waals surface area contributed by atoms with E-state index in [0.717, 1.165) is 29.6 Å². The van der Waals surface area contributed by atoms with E-state index in [1.165, 1.54) is 30.6 Å². The summed E-state index contributed by atoms with van der Waals surface area (Å²) in [6, 6.07) is 8.17. The Morgan fingerprint density at radius 1 is 1.27 bits per heavy atom. The van der Waals surface area contributed by atoms with Gasteiger partial charge in [0.2, 0.25) is 0 Å². The number of benzene rings is 2. The fraction of sp³-hybridized carbons (Fsp3) is 0.0588. The average Bonchev–Trinajstić information content (AvgIpc) is 3.09. The van der Waals surface area contributed by atoms with Crippen LogP contribution in [0.5, 0.6) is 5.75 Å². The van der Waals surface area contributed by atoms with E-state index in [2.05, 4.69) is 9.71 Å². The smallest absolute Gasteiger partial charge is 0.338 e. The van der Waals surface area contributed by atoms with Crippen molar-refractivity contribution in [2.75, 3.05) is 11.8 Å². The highest BCUT2D eigenvalue weighted by molar-refractivity contribution is 8.00. The Balaban J connectivity index is 1.76. The van der Waals surface area contributed by atoms with Crippen LogP contribution in [0.2, 0.25) is 0 Å². The Labute approximate surface area is 155 Å². The van der Waals surface area contributed by atoms with Gasteiger partial charge in [0.15, 0.2) is 0 Å². The second-order valence-corrected chi connectivity index (χ2v) is 6.72. The van der Waals surface area contributed by atoms with Crippen molar-refractivity contribution in [1.29, 1.82) is 0 Å². The number of hydrogen-bond acceptors (Lipinski definition) is 6. The predicted octanol–water partition coefficient (Wildman–Crippen LogP) is 4.91. The number of halogens is 2. The highest BCUT2D eigenvalue weighted by Gasteiger charge is 2.16. The molecule has 2 N–H and O–H groups in total. The Hall–Kier alpha value is -2.65. The summed E-state index contributed by atoms with van der Waals surface area (Å²) in [5, 5.41) is 12.1. The number of methoxy groups -OCH3 is 1. The first kappa shape index (κ1) is 18.2. The molecule has 0 amide bonds. The third-order valence-electron chi connectivity index (χ3n) is 3.36. The molecule has 0 saturated heterocycles. The molecule has 26 heavy (non-hydrogen) atoms. The maximum Gasteiger partial charge on any atom is 0.338 e. The molecule has 0 radical (unpaired) electrons. The molecule has 9 heteroatoms. The van der Waals surface area contributed by atoms with Crippen molar-refractivity contribution in [3.05, 3.63) is 59.0 Å². The van der Waals surface area contributed by atoms with Crippen LogP contribution in [0.3, 0.4) is 0 Å². The van der Waals surface area contributed by atoms with E-state index in [-0.39, 0.29) is 17.3 Å². The van der Waals surface area contributed by atoms with Crippen LogP contribution >= 0.6 is 23.3 Å². The molecule has 1 aromatic heterocycles. The predicted molar refractivity (Wildman–Crippen MR) is 96.9 cm³/mol. The molecule has 0 aliphatic rings. The molecular weight excluding hydrogens is 382 g/mol. The second-order valence-electron chi connectivity index (χ2n) is 5.04. The summed E-state index contributed by atoms with van der Waals surface area (Å²) in [7, 11) is 1.37. The summed E-state index contributed by atoms with van der Waals surface area (Å²) in [5.41, 5.74) is 0.610. The second kappa shape index (κ2) is 7.71. The molecule has 0 bridgehead atoms. The van der Waals surface area contributed by atoms with Crippen LogP contribution in [0.25, 0.3) is 10.6 Å². The molecular formula is C17H12F2N2O3S2. The standard InChI is InChI=1S/C17H12F2N2O3S2/c1-24-14-6-11(17(22)23)12(19)7-13(14)21-26-15-8-25-16(20-15)9-2-4-10(18)5-3-9/h2-8,21H,1H3,(H,22,23). The van der Waals surface area contributed by atoms with Gasteiger partial charge in [-0.1, -0.05) is 0 Å². The molecule has 3 rings (SSSR count). The van der Waals surface area contributed by atoms with Crippen LogP contribution in [0.15, 0.2) is 46.8 Å². The molecule has 0 unspecified atom stereocenters. The fourth-order valence-corrected chi connectivity index (χ4v) is 3.70. The van der Waals surface area contributed by atoms with Crippen molar-refractivity contribution in [3.63, 3.8) is 0 Å². The number of anilines is 1. The summed E-state index contributed by atoms with van der Waals surface area (Å²) < 4.78 is 34.9. The highest BCUT2D eigenvalue weighted by atomic mass is 32.2. The lowest BCUT2D eigenvalue weighted by molar-refractivity contribution is 0.0691. The van der Waals surface area contributed by atoms with Crippen LogP contribution < -0.4 is 9.46 Å². The number of nitrogens with zero attached hydrogens (tertiary/aromatic N) is 1. The Kier molecular flexibility index (Phi) is 5.38. The van der Waals surface area contributed by atoms with Gasteiger partial charge in [0.25, 0.3) is 0 Å². The van der Waals surface area contributed by atoms with Gasteiger partial charge in [0, 0.05) is 29.0 Å².